The molecule has 5 nitrogen and oxygen atoms in total. The van der Waals surface area contributed by atoms with Crippen LogP contribution in [-0.4, -0.2) is 19.5 Å². The summed E-state index contributed by atoms with van der Waals surface area (Å²) in [5.41, 5.74) is 12.5. The van der Waals surface area contributed by atoms with Crippen molar-refractivity contribution < 1.29 is 4.42 Å². The van der Waals surface area contributed by atoms with E-state index in [9.17, 15) is 0 Å². The monoisotopic (exact) mass is 716 g/mol. The Morgan fingerprint density at radius 2 is 0.839 bits per heavy atom. The number of hydrogen-bond donors (Lipinski definition) is 0. The van der Waals surface area contributed by atoms with Crippen LogP contribution in [-0.2, 0) is 0 Å². The fourth-order valence-corrected chi connectivity index (χ4v) is 8.00. The molecule has 262 valence electrons. The molecule has 0 unspecified atom stereocenters. The van der Waals surface area contributed by atoms with Crippen LogP contribution < -0.4 is 0 Å². The van der Waals surface area contributed by atoms with Crippen molar-refractivity contribution >= 4 is 43.7 Å². The van der Waals surface area contributed by atoms with Gasteiger partial charge in [-0.25, -0.2) is 15.0 Å². The largest absolute Gasteiger partial charge is 0.456 e. The first kappa shape index (κ1) is 31.9. The normalized spacial score (nSPS) is 11.6. The Bertz CT molecular complexity index is 3180. The average molecular weight is 717 g/mol. The predicted octanol–water partition coefficient (Wildman–Crippen LogP) is 13.2. The molecule has 0 N–H and O–H groups in total. The lowest BCUT2D eigenvalue weighted by atomic mass is 9.93. The van der Waals surface area contributed by atoms with E-state index in [0.717, 1.165) is 49.9 Å². The summed E-state index contributed by atoms with van der Waals surface area (Å²) in [6.07, 6.45) is 0. The van der Waals surface area contributed by atoms with Crippen LogP contribution in [0.1, 0.15) is 0 Å². The van der Waals surface area contributed by atoms with E-state index in [1.807, 2.05) is 66.7 Å². The van der Waals surface area contributed by atoms with E-state index in [0.29, 0.717) is 17.5 Å². The Labute approximate surface area is 322 Å². The number of hydrogen-bond acceptors (Lipinski definition) is 4. The summed E-state index contributed by atoms with van der Waals surface area (Å²) in [5, 5.41) is 4.57. The van der Waals surface area contributed by atoms with Gasteiger partial charge < -0.3 is 8.98 Å². The van der Waals surface area contributed by atoms with Crippen LogP contribution in [0.2, 0.25) is 0 Å². The lowest BCUT2D eigenvalue weighted by Crippen LogP contribution is -2.00. The van der Waals surface area contributed by atoms with E-state index >= 15 is 0 Å². The first-order valence-corrected chi connectivity index (χ1v) is 18.8. The number of para-hydroxylation sites is 2. The third-order valence-corrected chi connectivity index (χ3v) is 10.7. The molecule has 0 saturated heterocycles. The molecule has 56 heavy (non-hydrogen) atoms. The summed E-state index contributed by atoms with van der Waals surface area (Å²) < 4.78 is 8.86. The van der Waals surface area contributed by atoms with E-state index in [2.05, 4.69) is 132 Å². The Morgan fingerprint density at radius 1 is 0.321 bits per heavy atom. The van der Waals surface area contributed by atoms with Crippen molar-refractivity contribution in [3.63, 3.8) is 0 Å². The average Bonchev–Trinajstić information content (AvgIpc) is 3.81. The molecule has 11 aromatic rings. The van der Waals surface area contributed by atoms with Crippen molar-refractivity contribution in [2.45, 2.75) is 0 Å². The molecule has 8 aromatic carbocycles. The second-order valence-electron chi connectivity index (χ2n) is 14.0. The maximum Gasteiger partial charge on any atom is 0.164 e. The van der Waals surface area contributed by atoms with Crippen molar-refractivity contribution in [1.29, 1.82) is 0 Å². The number of nitrogens with zero attached hydrogens (tertiary/aromatic N) is 4. The standard InChI is InChI=1S/C51H32N4O/c1-4-14-33(15-5-1)49-52-50(34-16-6-2-7-17-34)54-51(53-49)37-24-27-42-44-31-36(26-29-47(44)56-48(42)32-37)40-21-11-10-20-39(40)35-25-28-46-43(30-35)41-22-12-13-23-45(41)55(46)38-18-8-3-9-19-38/h1-32H. The molecule has 0 fully saturated rings. The van der Waals surface area contributed by atoms with Crippen LogP contribution in [0.3, 0.4) is 0 Å². The highest BCUT2D eigenvalue weighted by atomic mass is 16.3. The number of benzene rings is 8. The molecule has 0 amide bonds. The van der Waals surface area contributed by atoms with Crippen LogP contribution in [0.15, 0.2) is 199 Å². The molecule has 0 saturated carbocycles. The van der Waals surface area contributed by atoms with E-state index in [1.54, 1.807) is 0 Å². The van der Waals surface area contributed by atoms with Crippen molar-refractivity contribution in [3.05, 3.63) is 194 Å². The van der Waals surface area contributed by atoms with Gasteiger partial charge >= 0.3 is 0 Å². The third kappa shape index (κ3) is 5.37. The smallest absolute Gasteiger partial charge is 0.164 e. The third-order valence-electron chi connectivity index (χ3n) is 10.7. The SMILES string of the molecule is c1ccc(-c2nc(-c3ccccc3)nc(-c3ccc4c(c3)oc3ccc(-c5ccccc5-c5ccc6c(c5)c5ccccc5n6-c5ccccc5)cc34)n2)cc1. The number of rotatable bonds is 6. The highest BCUT2D eigenvalue weighted by Crippen LogP contribution is 2.40. The summed E-state index contributed by atoms with van der Waals surface area (Å²) in [5.74, 6) is 1.85. The Balaban J connectivity index is 1.00. The minimum atomic E-state index is 0.596. The van der Waals surface area contributed by atoms with Crippen molar-refractivity contribution in [3.8, 4) is 62.1 Å². The van der Waals surface area contributed by atoms with Crippen LogP contribution in [0.4, 0.5) is 0 Å². The topological polar surface area (TPSA) is 56.7 Å². The van der Waals surface area contributed by atoms with Crippen LogP contribution in [0.25, 0.3) is 106 Å². The molecule has 3 heterocycles. The van der Waals surface area contributed by atoms with Gasteiger partial charge in [0, 0.05) is 43.9 Å². The molecule has 0 radical (unpaired) electrons. The molecule has 0 aliphatic carbocycles. The zero-order valence-electron chi connectivity index (χ0n) is 30.2. The highest BCUT2D eigenvalue weighted by Gasteiger charge is 2.17. The number of aromatic nitrogens is 4. The summed E-state index contributed by atoms with van der Waals surface area (Å²) in [4.78, 5) is 14.7. The number of fused-ring (bicyclic) bond motifs is 6. The first-order chi connectivity index (χ1) is 27.7. The van der Waals surface area contributed by atoms with Gasteiger partial charge in [0.05, 0.1) is 11.0 Å². The van der Waals surface area contributed by atoms with E-state index < -0.39 is 0 Å². The zero-order valence-corrected chi connectivity index (χ0v) is 30.2. The summed E-state index contributed by atoms with van der Waals surface area (Å²) in [6, 6.07) is 67.6. The van der Waals surface area contributed by atoms with Crippen LogP contribution >= 0.6 is 0 Å². The first-order valence-electron chi connectivity index (χ1n) is 18.8. The predicted molar refractivity (Wildman–Crippen MR) is 229 cm³/mol. The van der Waals surface area contributed by atoms with Gasteiger partial charge in [-0.05, 0) is 76.9 Å². The van der Waals surface area contributed by atoms with Gasteiger partial charge in [0.25, 0.3) is 0 Å². The Kier molecular flexibility index (Phi) is 7.42. The molecule has 11 rings (SSSR count). The van der Waals surface area contributed by atoms with Gasteiger partial charge in [-0.15, -0.1) is 0 Å². The van der Waals surface area contributed by atoms with Crippen molar-refractivity contribution in [2.24, 2.45) is 0 Å². The minimum absolute atomic E-state index is 0.596. The van der Waals surface area contributed by atoms with Gasteiger partial charge in [0.2, 0.25) is 0 Å². The van der Waals surface area contributed by atoms with Crippen LogP contribution in [0, 0.1) is 0 Å². The lowest BCUT2D eigenvalue weighted by molar-refractivity contribution is 0.669. The maximum atomic E-state index is 6.50. The van der Waals surface area contributed by atoms with E-state index in [4.69, 9.17) is 19.4 Å². The second-order valence-corrected chi connectivity index (χ2v) is 14.0. The molecular formula is C51H32N4O. The van der Waals surface area contributed by atoms with Crippen molar-refractivity contribution in [2.75, 3.05) is 0 Å². The van der Waals surface area contributed by atoms with Gasteiger partial charge in [-0.3, -0.25) is 0 Å². The molecule has 5 heteroatoms. The Hall–Kier alpha value is -7.63. The van der Waals surface area contributed by atoms with E-state index in [1.165, 1.54) is 38.5 Å². The summed E-state index contributed by atoms with van der Waals surface area (Å²) in [6.45, 7) is 0. The maximum absolute atomic E-state index is 6.50. The molecular weight excluding hydrogens is 685 g/mol. The lowest BCUT2D eigenvalue weighted by Gasteiger charge is -2.12. The van der Waals surface area contributed by atoms with Gasteiger partial charge in [0.1, 0.15) is 11.2 Å². The molecule has 3 aromatic heterocycles. The summed E-state index contributed by atoms with van der Waals surface area (Å²) in [7, 11) is 0. The summed E-state index contributed by atoms with van der Waals surface area (Å²) >= 11 is 0. The van der Waals surface area contributed by atoms with Crippen molar-refractivity contribution in [1.82, 2.24) is 19.5 Å². The van der Waals surface area contributed by atoms with Gasteiger partial charge in [0.15, 0.2) is 17.5 Å². The fraction of sp³-hybridized carbons (Fsp3) is 0. The quantitative estimate of drug-likeness (QED) is 0.172. The van der Waals surface area contributed by atoms with E-state index in [-0.39, 0.29) is 0 Å². The molecule has 0 atom stereocenters. The number of furan rings is 1. The fourth-order valence-electron chi connectivity index (χ4n) is 8.00. The second kappa shape index (κ2) is 13.0. The molecule has 0 bridgehead atoms. The highest BCUT2D eigenvalue weighted by molar-refractivity contribution is 6.11. The van der Waals surface area contributed by atoms with Crippen LogP contribution in [0.5, 0.6) is 0 Å². The van der Waals surface area contributed by atoms with Gasteiger partial charge in [-0.2, -0.15) is 0 Å². The molecule has 0 aliphatic rings. The zero-order chi connectivity index (χ0) is 37.0. The molecule has 0 aliphatic heterocycles. The minimum Gasteiger partial charge on any atom is -0.456 e. The molecule has 0 spiro atoms. The Morgan fingerprint density at radius 3 is 1.52 bits per heavy atom. The van der Waals surface area contributed by atoms with Gasteiger partial charge in [-0.1, -0.05) is 140 Å².